The fourth-order valence-electron chi connectivity index (χ4n) is 2.49. The van der Waals surface area contributed by atoms with Crippen molar-refractivity contribution in [2.24, 2.45) is 0 Å². The molecule has 7 heteroatoms. The van der Waals surface area contributed by atoms with Gasteiger partial charge in [0.2, 0.25) is 5.82 Å². The van der Waals surface area contributed by atoms with Crippen LogP contribution in [-0.2, 0) is 12.6 Å². The van der Waals surface area contributed by atoms with E-state index < -0.39 is 12.0 Å². The number of nitrogens with zero attached hydrogens (tertiary/aromatic N) is 3. The van der Waals surface area contributed by atoms with Crippen molar-refractivity contribution in [2.75, 3.05) is 5.73 Å². The van der Waals surface area contributed by atoms with E-state index in [1.54, 1.807) is 6.20 Å². The van der Waals surface area contributed by atoms with Crippen LogP contribution < -0.4 is 5.73 Å². The molecule has 20 heavy (non-hydrogen) atoms. The second-order valence-corrected chi connectivity index (χ2v) is 4.68. The van der Waals surface area contributed by atoms with Crippen molar-refractivity contribution in [1.82, 2.24) is 15.0 Å². The zero-order chi connectivity index (χ0) is 14.3. The van der Waals surface area contributed by atoms with E-state index in [4.69, 9.17) is 5.73 Å². The number of anilines is 1. The van der Waals surface area contributed by atoms with Gasteiger partial charge in [-0.15, -0.1) is 0 Å². The van der Waals surface area contributed by atoms with Gasteiger partial charge in [-0.05, 0) is 24.5 Å². The molecule has 1 atom stereocenters. The normalized spacial score (nSPS) is 18.1. The summed E-state index contributed by atoms with van der Waals surface area (Å²) in [6.45, 7) is 0. The van der Waals surface area contributed by atoms with Crippen LogP contribution in [0.4, 0.5) is 19.0 Å². The summed E-state index contributed by atoms with van der Waals surface area (Å²) in [5.74, 6) is -1.62. The van der Waals surface area contributed by atoms with Gasteiger partial charge in [0.05, 0.1) is 11.4 Å². The minimum Gasteiger partial charge on any atom is -0.384 e. The first-order valence-corrected chi connectivity index (χ1v) is 6.10. The maximum Gasteiger partial charge on any atom is 0.451 e. The monoisotopic (exact) mass is 280 g/mol. The number of pyridine rings is 1. The van der Waals surface area contributed by atoms with Crippen LogP contribution in [0.25, 0.3) is 0 Å². The molecule has 2 heterocycles. The van der Waals surface area contributed by atoms with Crippen molar-refractivity contribution >= 4 is 5.82 Å². The first-order valence-electron chi connectivity index (χ1n) is 6.10. The molecule has 0 saturated carbocycles. The molecule has 0 aromatic carbocycles. The number of halogens is 3. The lowest BCUT2D eigenvalue weighted by atomic mass is 10.0. The summed E-state index contributed by atoms with van der Waals surface area (Å²) in [6, 6.07) is 5.14. The molecule has 104 valence electrons. The van der Waals surface area contributed by atoms with Gasteiger partial charge in [0.25, 0.3) is 0 Å². The molecule has 0 saturated heterocycles. The summed E-state index contributed by atoms with van der Waals surface area (Å²) in [6.07, 6.45) is -1.51. The van der Waals surface area contributed by atoms with Gasteiger partial charge in [-0.2, -0.15) is 13.2 Å². The van der Waals surface area contributed by atoms with E-state index in [1.807, 2.05) is 12.1 Å². The summed E-state index contributed by atoms with van der Waals surface area (Å²) >= 11 is 0. The Morgan fingerprint density at radius 3 is 2.80 bits per heavy atom. The van der Waals surface area contributed by atoms with Crippen LogP contribution in [0.1, 0.15) is 35.1 Å². The van der Waals surface area contributed by atoms with Gasteiger partial charge in [-0.3, -0.25) is 4.98 Å². The molecule has 0 radical (unpaired) electrons. The number of rotatable bonds is 1. The second-order valence-electron chi connectivity index (χ2n) is 4.68. The van der Waals surface area contributed by atoms with Gasteiger partial charge in [-0.25, -0.2) is 9.97 Å². The molecule has 2 N–H and O–H groups in total. The van der Waals surface area contributed by atoms with Crippen LogP contribution in [-0.4, -0.2) is 15.0 Å². The molecule has 0 spiro atoms. The Hall–Kier alpha value is -2.18. The summed E-state index contributed by atoms with van der Waals surface area (Å²) in [4.78, 5) is 11.1. The third-order valence-electron chi connectivity index (χ3n) is 3.33. The highest BCUT2D eigenvalue weighted by molar-refractivity contribution is 5.39. The summed E-state index contributed by atoms with van der Waals surface area (Å²) < 4.78 is 38.2. The lowest BCUT2D eigenvalue weighted by molar-refractivity contribution is -0.145. The molecule has 1 unspecified atom stereocenters. The zero-order valence-corrected chi connectivity index (χ0v) is 10.4. The Labute approximate surface area is 112 Å². The zero-order valence-electron chi connectivity index (χ0n) is 10.4. The number of aryl methyl sites for hydroxylation is 1. The number of alkyl halides is 3. The molecule has 4 nitrogen and oxygen atoms in total. The van der Waals surface area contributed by atoms with Crippen LogP contribution in [0.2, 0.25) is 0 Å². The lowest BCUT2D eigenvalue weighted by Gasteiger charge is -2.13. The molecule has 1 aliphatic carbocycles. The molecule has 0 bridgehead atoms. The highest BCUT2D eigenvalue weighted by atomic mass is 19.4. The summed E-state index contributed by atoms with van der Waals surface area (Å²) in [5, 5.41) is 0. The van der Waals surface area contributed by atoms with E-state index in [0.29, 0.717) is 6.42 Å². The van der Waals surface area contributed by atoms with Gasteiger partial charge >= 0.3 is 6.18 Å². The topological polar surface area (TPSA) is 64.7 Å². The Kier molecular flexibility index (Phi) is 2.84. The van der Waals surface area contributed by atoms with E-state index in [9.17, 15) is 13.2 Å². The molecule has 2 aromatic rings. The quantitative estimate of drug-likeness (QED) is 0.871. The minimum absolute atomic E-state index is 0.174. The molecular formula is C13H11F3N4. The molecule has 1 aliphatic rings. The number of hydrogen-bond donors (Lipinski definition) is 1. The predicted molar refractivity (Wildman–Crippen MR) is 65.8 cm³/mol. The Bertz CT molecular complexity index is 654. The van der Waals surface area contributed by atoms with Gasteiger partial charge in [0.15, 0.2) is 0 Å². The SMILES string of the molecule is Nc1cc(C2CCc3cccnc32)nc(C(F)(F)F)n1. The van der Waals surface area contributed by atoms with Crippen molar-refractivity contribution in [2.45, 2.75) is 24.9 Å². The number of fused-ring (bicyclic) bond motifs is 1. The van der Waals surface area contributed by atoms with E-state index in [2.05, 4.69) is 15.0 Å². The van der Waals surface area contributed by atoms with Gasteiger partial charge in [0, 0.05) is 18.2 Å². The van der Waals surface area contributed by atoms with E-state index >= 15 is 0 Å². The number of hydrogen-bond acceptors (Lipinski definition) is 4. The molecular weight excluding hydrogens is 269 g/mol. The maximum atomic E-state index is 12.7. The fourth-order valence-corrected chi connectivity index (χ4v) is 2.49. The third kappa shape index (κ3) is 2.19. The van der Waals surface area contributed by atoms with Crippen LogP contribution in [0.3, 0.4) is 0 Å². The van der Waals surface area contributed by atoms with Gasteiger partial charge < -0.3 is 5.73 Å². The number of nitrogen functional groups attached to an aromatic ring is 1. The molecule has 2 aromatic heterocycles. The second kappa shape index (κ2) is 4.43. The number of nitrogens with two attached hydrogens (primary N) is 1. The van der Waals surface area contributed by atoms with Crippen molar-refractivity contribution in [1.29, 1.82) is 0 Å². The molecule has 3 rings (SSSR count). The standard InChI is InChI=1S/C13H11F3N4/c14-13(15,16)12-19-9(6-10(17)20-12)8-4-3-7-2-1-5-18-11(7)8/h1-2,5-6,8H,3-4H2,(H2,17,19,20). The minimum atomic E-state index is -4.60. The maximum absolute atomic E-state index is 12.7. The number of aromatic nitrogens is 3. The predicted octanol–water partition coefficient (Wildman–Crippen LogP) is 2.55. The van der Waals surface area contributed by atoms with E-state index in [1.165, 1.54) is 6.07 Å². The highest BCUT2D eigenvalue weighted by Gasteiger charge is 2.36. The van der Waals surface area contributed by atoms with Gasteiger partial charge in [-0.1, -0.05) is 6.07 Å². The highest BCUT2D eigenvalue weighted by Crippen LogP contribution is 2.37. The molecule has 0 fully saturated rings. The summed E-state index contributed by atoms with van der Waals surface area (Å²) in [7, 11) is 0. The van der Waals surface area contributed by atoms with Crippen LogP contribution in [0.5, 0.6) is 0 Å². The van der Waals surface area contributed by atoms with Crippen LogP contribution in [0, 0.1) is 0 Å². The van der Waals surface area contributed by atoms with E-state index in [0.717, 1.165) is 17.7 Å². The molecule has 0 aliphatic heterocycles. The van der Waals surface area contributed by atoms with E-state index in [-0.39, 0.29) is 17.4 Å². The average Bonchev–Trinajstić information content (AvgIpc) is 2.80. The van der Waals surface area contributed by atoms with Crippen LogP contribution in [0.15, 0.2) is 24.4 Å². The van der Waals surface area contributed by atoms with Crippen molar-refractivity contribution in [3.63, 3.8) is 0 Å². The smallest absolute Gasteiger partial charge is 0.384 e. The van der Waals surface area contributed by atoms with Crippen LogP contribution >= 0.6 is 0 Å². The largest absolute Gasteiger partial charge is 0.451 e. The summed E-state index contributed by atoms with van der Waals surface area (Å²) in [5.41, 5.74) is 7.57. The first-order chi connectivity index (χ1) is 9.45. The molecule has 0 amide bonds. The Morgan fingerprint density at radius 2 is 2.05 bits per heavy atom. The average molecular weight is 280 g/mol. The Balaban J connectivity index is 2.06. The van der Waals surface area contributed by atoms with Gasteiger partial charge in [0.1, 0.15) is 5.82 Å². The lowest BCUT2D eigenvalue weighted by Crippen LogP contribution is -2.15. The fraction of sp³-hybridized carbons (Fsp3) is 0.308. The first kappa shape index (κ1) is 12.8. The third-order valence-corrected chi connectivity index (χ3v) is 3.33. The van der Waals surface area contributed by atoms with Crippen molar-refractivity contribution in [3.8, 4) is 0 Å². The van der Waals surface area contributed by atoms with Crippen molar-refractivity contribution in [3.05, 3.63) is 47.2 Å². The Morgan fingerprint density at radius 1 is 1.25 bits per heavy atom. The van der Waals surface area contributed by atoms with Crippen molar-refractivity contribution < 1.29 is 13.2 Å².